The van der Waals surface area contributed by atoms with Gasteiger partial charge in [-0.1, -0.05) is 0 Å². The van der Waals surface area contributed by atoms with Gasteiger partial charge in [-0.25, -0.2) is 0 Å². The molecule has 0 aromatic carbocycles. The number of nitrogens with two attached hydrogens (primary N) is 2. The molecule has 0 bridgehead atoms. The minimum absolute atomic E-state index is 0.169. The Morgan fingerprint density at radius 2 is 2.37 bits per heavy atom. The first kappa shape index (κ1) is 14.0. The zero-order chi connectivity index (χ0) is 14.0. The number of carbonyl (C=O) groups excluding carboxylic acids is 1. The summed E-state index contributed by atoms with van der Waals surface area (Å²) in [5.74, 6) is 0.221. The number of piperidine rings is 1. The monoisotopic (exact) mass is 285 g/mol. The summed E-state index contributed by atoms with van der Waals surface area (Å²) in [7, 11) is 1.53. The Hall–Kier alpha value is -1.47. The van der Waals surface area contributed by atoms with Crippen LogP contribution in [-0.2, 0) is 0 Å². The van der Waals surface area contributed by atoms with Crippen molar-refractivity contribution >= 4 is 27.9 Å². The molecule has 6 nitrogen and oxygen atoms in total. The van der Waals surface area contributed by atoms with Crippen molar-refractivity contribution in [3.05, 3.63) is 4.88 Å². The lowest BCUT2D eigenvalue weighted by molar-refractivity contribution is 0.100. The molecule has 106 valence electrons. The smallest absolute Gasteiger partial charge is 0.261 e. The molecule has 1 aromatic heterocycles. The first-order chi connectivity index (χ1) is 9.08. The lowest BCUT2D eigenvalue weighted by atomic mass is 9.99. The third-order valence-corrected chi connectivity index (χ3v) is 4.64. The zero-order valence-electron chi connectivity index (χ0n) is 10.9. The molecule has 1 fully saturated rings. The quantitative estimate of drug-likeness (QED) is 0.753. The van der Waals surface area contributed by atoms with Gasteiger partial charge in [0.2, 0.25) is 0 Å². The van der Waals surface area contributed by atoms with E-state index in [2.05, 4.69) is 4.90 Å². The van der Waals surface area contributed by atoms with E-state index in [1.165, 1.54) is 18.4 Å². The highest BCUT2D eigenvalue weighted by atomic mass is 32.1. The number of methoxy groups -OCH3 is 1. The van der Waals surface area contributed by atoms with Gasteiger partial charge in [0, 0.05) is 19.7 Å². The number of aliphatic hydroxyl groups is 1. The van der Waals surface area contributed by atoms with Crippen molar-refractivity contribution < 1.29 is 14.6 Å². The minimum Gasteiger partial charge on any atom is -0.492 e. The third kappa shape index (κ3) is 2.62. The minimum atomic E-state index is -0.539. The topological polar surface area (TPSA) is 102 Å². The van der Waals surface area contributed by atoms with Gasteiger partial charge < -0.3 is 26.2 Å². The normalized spacial score (nSPS) is 19.5. The summed E-state index contributed by atoms with van der Waals surface area (Å²) in [6, 6.07) is 0. The molecule has 1 amide bonds. The summed E-state index contributed by atoms with van der Waals surface area (Å²) in [6.45, 7) is 1.78. The third-order valence-electron chi connectivity index (χ3n) is 3.37. The molecule has 19 heavy (non-hydrogen) atoms. The molecular weight excluding hydrogens is 266 g/mol. The Balaban J connectivity index is 2.33. The second-order valence-corrected chi connectivity index (χ2v) is 5.68. The first-order valence-corrected chi connectivity index (χ1v) is 7.02. The molecule has 7 heteroatoms. The van der Waals surface area contributed by atoms with Crippen molar-refractivity contribution in [2.24, 2.45) is 11.7 Å². The van der Waals surface area contributed by atoms with Gasteiger partial charge in [0.1, 0.15) is 15.6 Å². The Bertz CT molecular complexity index is 475. The SMILES string of the molecule is COc1c(N2CCCC(CO)C2)sc(C(N)=O)c1N. The molecule has 1 aliphatic heterocycles. The van der Waals surface area contributed by atoms with Crippen molar-refractivity contribution in [3.63, 3.8) is 0 Å². The Morgan fingerprint density at radius 1 is 1.63 bits per heavy atom. The number of aliphatic hydroxyl groups excluding tert-OH is 1. The van der Waals surface area contributed by atoms with Gasteiger partial charge in [-0.3, -0.25) is 4.79 Å². The summed E-state index contributed by atoms with van der Waals surface area (Å²) < 4.78 is 5.30. The molecule has 1 unspecified atom stereocenters. The van der Waals surface area contributed by atoms with Gasteiger partial charge in [-0.2, -0.15) is 0 Å². The fourth-order valence-electron chi connectivity index (χ4n) is 2.40. The van der Waals surface area contributed by atoms with Crippen LogP contribution < -0.4 is 21.1 Å². The summed E-state index contributed by atoms with van der Waals surface area (Å²) in [6.07, 6.45) is 2.01. The maximum atomic E-state index is 11.3. The van der Waals surface area contributed by atoms with Crippen LogP contribution >= 0.6 is 11.3 Å². The van der Waals surface area contributed by atoms with Gasteiger partial charge in [-0.05, 0) is 18.8 Å². The second kappa shape index (κ2) is 5.66. The highest BCUT2D eigenvalue weighted by Crippen LogP contribution is 2.45. The fourth-order valence-corrected chi connectivity index (χ4v) is 3.48. The number of hydrogen-bond donors (Lipinski definition) is 3. The predicted octanol–water partition coefficient (Wildman–Crippen LogP) is 0.647. The fraction of sp³-hybridized carbons (Fsp3) is 0.583. The Kier molecular flexibility index (Phi) is 4.16. The van der Waals surface area contributed by atoms with Gasteiger partial charge in [0.25, 0.3) is 5.91 Å². The van der Waals surface area contributed by atoms with Gasteiger partial charge in [0.15, 0.2) is 5.75 Å². The number of hydrogen-bond acceptors (Lipinski definition) is 6. The summed E-state index contributed by atoms with van der Waals surface area (Å²) in [5.41, 5.74) is 11.5. The summed E-state index contributed by atoms with van der Waals surface area (Å²) in [4.78, 5) is 13.8. The van der Waals surface area contributed by atoms with Crippen molar-refractivity contribution in [2.75, 3.05) is 37.4 Å². The van der Waals surface area contributed by atoms with Crippen LogP contribution in [0.2, 0.25) is 0 Å². The van der Waals surface area contributed by atoms with E-state index in [0.29, 0.717) is 16.3 Å². The van der Waals surface area contributed by atoms with Crippen molar-refractivity contribution in [1.29, 1.82) is 0 Å². The second-order valence-electron chi connectivity index (χ2n) is 4.68. The van der Waals surface area contributed by atoms with E-state index in [0.717, 1.165) is 30.9 Å². The van der Waals surface area contributed by atoms with Crippen molar-refractivity contribution in [2.45, 2.75) is 12.8 Å². The highest BCUT2D eigenvalue weighted by molar-refractivity contribution is 7.19. The van der Waals surface area contributed by atoms with E-state index < -0.39 is 5.91 Å². The zero-order valence-corrected chi connectivity index (χ0v) is 11.7. The highest BCUT2D eigenvalue weighted by Gasteiger charge is 2.27. The van der Waals surface area contributed by atoms with E-state index in [1.807, 2.05) is 0 Å². The van der Waals surface area contributed by atoms with Crippen molar-refractivity contribution in [3.8, 4) is 5.75 Å². The van der Waals surface area contributed by atoms with Gasteiger partial charge in [-0.15, -0.1) is 11.3 Å². The maximum absolute atomic E-state index is 11.3. The average molecular weight is 285 g/mol. The van der Waals surface area contributed by atoms with Crippen LogP contribution in [0, 0.1) is 5.92 Å². The Labute approximate surface area is 115 Å². The molecule has 1 saturated heterocycles. The lowest BCUT2D eigenvalue weighted by Gasteiger charge is -2.32. The van der Waals surface area contributed by atoms with Crippen LogP contribution in [-0.4, -0.2) is 37.8 Å². The molecule has 2 heterocycles. The number of amides is 1. The molecular formula is C12H19N3O3S. The lowest BCUT2D eigenvalue weighted by Crippen LogP contribution is -2.36. The largest absolute Gasteiger partial charge is 0.492 e. The van der Waals surface area contributed by atoms with E-state index in [4.69, 9.17) is 16.2 Å². The predicted molar refractivity (Wildman–Crippen MR) is 75.8 cm³/mol. The molecule has 2 rings (SSSR count). The number of carbonyl (C=O) groups is 1. The number of nitrogen functional groups attached to an aromatic ring is 1. The molecule has 1 atom stereocenters. The number of nitrogens with zero attached hydrogens (tertiary/aromatic N) is 1. The summed E-state index contributed by atoms with van der Waals surface area (Å²) in [5, 5.41) is 10.1. The van der Waals surface area contributed by atoms with Crippen molar-refractivity contribution in [1.82, 2.24) is 0 Å². The Morgan fingerprint density at radius 3 is 2.95 bits per heavy atom. The molecule has 0 saturated carbocycles. The molecule has 5 N–H and O–H groups in total. The summed E-state index contributed by atoms with van der Waals surface area (Å²) >= 11 is 1.26. The van der Waals surface area contributed by atoms with E-state index in [-0.39, 0.29) is 12.5 Å². The van der Waals surface area contributed by atoms with Crippen LogP contribution in [0.5, 0.6) is 5.75 Å². The van der Waals surface area contributed by atoms with E-state index >= 15 is 0 Å². The van der Waals surface area contributed by atoms with Crippen LogP contribution in [0.25, 0.3) is 0 Å². The first-order valence-electron chi connectivity index (χ1n) is 6.20. The molecule has 1 aliphatic rings. The maximum Gasteiger partial charge on any atom is 0.261 e. The van der Waals surface area contributed by atoms with Gasteiger partial charge >= 0.3 is 0 Å². The number of anilines is 2. The van der Waals surface area contributed by atoms with Crippen LogP contribution in [0.3, 0.4) is 0 Å². The number of primary amides is 1. The van der Waals surface area contributed by atoms with Crippen LogP contribution in [0.15, 0.2) is 0 Å². The number of ether oxygens (including phenoxy) is 1. The van der Waals surface area contributed by atoms with Gasteiger partial charge in [0.05, 0.1) is 7.11 Å². The average Bonchev–Trinajstić information content (AvgIpc) is 2.75. The standard InChI is InChI=1S/C12H19N3O3S/c1-18-9-8(13)10(11(14)17)19-12(9)15-4-2-3-7(5-15)6-16/h7,16H,2-6,13H2,1H3,(H2,14,17). The van der Waals surface area contributed by atoms with Crippen LogP contribution in [0.4, 0.5) is 10.7 Å². The number of thiophene rings is 1. The van der Waals surface area contributed by atoms with Crippen LogP contribution in [0.1, 0.15) is 22.5 Å². The number of rotatable bonds is 4. The van der Waals surface area contributed by atoms with E-state index in [9.17, 15) is 9.90 Å². The van der Waals surface area contributed by atoms with E-state index in [1.54, 1.807) is 0 Å². The molecule has 1 aromatic rings. The molecule has 0 spiro atoms. The molecule has 0 aliphatic carbocycles. The molecule has 0 radical (unpaired) electrons.